The van der Waals surface area contributed by atoms with Gasteiger partial charge >= 0.3 is 0 Å². The van der Waals surface area contributed by atoms with Crippen LogP contribution in [0.3, 0.4) is 0 Å². The Labute approximate surface area is 98.5 Å². The maximum Gasteiger partial charge on any atom is 0.195 e. The lowest BCUT2D eigenvalue weighted by atomic mass is 10.1. The van der Waals surface area contributed by atoms with Gasteiger partial charge in [-0.15, -0.1) is 0 Å². The monoisotopic (exact) mass is 235 g/mol. The van der Waals surface area contributed by atoms with E-state index in [1.807, 2.05) is 0 Å². The third-order valence-electron chi connectivity index (χ3n) is 2.21. The molecule has 0 saturated carbocycles. The molecule has 0 aliphatic carbocycles. The first kappa shape index (κ1) is 11.3. The number of hydrogen-bond acceptors (Lipinski definition) is 6. The van der Waals surface area contributed by atoms with Crippen molar-refractivity contribution in [3.05, 3.63) is 29.8 Å². The van der Waals surface area contributed by atoms with Gasteiger partial charge in [0.1, 0.15) is 19.5 Å². The van der Waals surface area contributed by atoms with E-state index < -0.39 is 0 Å². The molecule has 90 valence electrons. The van der Waals surface area contributed by atoms with E-state index in [-0.39, 0.29) is 5.75 Å². The van der Waals surface area contributed by atoms with Crippen LogP contribution in [-0.4, -0.2) is 36.9 Å². The highest BCUT2D eigenvalue weighted by Crippen LogP contribution is 2.17. The maximum absolute atomic E-state index is 9.78. The fourth-order valence-electron chi connectivity index (χ4n) is 1.47. The van der Waals surface area contributed by atoms with Crippen molar-refractivity contribution in [2.24, 2.45) is 10.3 Å². The number of hydrogen-bond donors (Lipinski definition) is 2. The fraction of sp³-hybridized carbons (Fsp3) is 0.273. The molecule has 1 heterocycles. The molecule has 0 aromatic heterocycles. The number of phenolic OH excluding ortho intramolecular Hbond substituents is 1. The van der Waals surface area contributed by atoms with E-state index in [1.165, 1.54) is 7.11 Å². The Hall–Kier alpha value is -2.24. The second kappa shape index (κ2) is 5.20. The van der Waals surface area contributed by atoms with Crippen molar-refractivity contribution in [2.45, 2.75) is 0 Å². The fourth-order valence-corrected chi connectivity index (χ4v) is 1.47. The molecule has 0 spiro atoms. The zero-order chi connectivity index (χ0) is 12.1. The second-order valence-electron chi connectivity index (χ2n) is 3.34. The van der Waals surface area contributed by atoms with Crippen LogP contribution in [-0.2, 0) is 9.68 Å². The molecule has 0 fully saturated rings. The third-order valence-corrected chi connectivity index (χ3v) is 2.21. The van der Waals surface area contributed by atoms with Crippen molar-refractivity contribution >= 4 is 11.5 Å². The van der Waals surface area contributed by atoms with Crippen LogP contribution in [0.4, 0.5) is 0 Å². The highest BCUT2D eigenvalue weighted by Gasteiger charge is 2.18. The van der Waals surface area contributed by atoms with Gasteiger partial charge in [-0.2, -0.15) is 0 Å². The first-order valence-corrected chi connectivity index (χ1v) is 5.16. The third kappa shape index (κ3) is 2.47. The van der Waals surface area contributed by atoms with Gasteiger partial charge in [0, 0.05) is 5.56 Å². The normalized spacial score (nSPS) is 15.6. The van der Waals surface area contributed by atoms with Crippen molar-refractivity contribution < 1.29 is 14.8 Å². The summed E-state index contributed by atoms with van der Waals surface area (Å²) in [5, 5.41) is 20.5. The van der Waals surface area contributed by atoms with Gasteiger partial charge in [0.25, 0.3) is 0 Å². The average Bonchev–Trinajstić information content (AvgIpc) is 2.38. The van der Waals surface area contributed by atoms with Gasteiger partial charge in [0.2, 0.25) is 0 Å². The summed E-state index contributed by atoms with van der Waals surface area (Å²) in [6.07, 6.45) is 0. The molecule has 0 bridgehead atoms. The lowest BCUT2D eigenvalue weighted by Gasteiger charge is -2.15. The van der Waals surface area contributed by atoms with E-state index >= 15 is 0 Å². The minimum absolute atomic E-state index is 0.110. The highest BCUT2D eigenvalue weighted by atomic mass is 16.6. The van der Waals surface area contributed by atoms with Crippen molar-refractivity contribution in [1.29, 1.82) is 0 Å². The molecule has 0 saturated heterocycles. The van der Waals surface area contributed by atoms with Crippen molar-refractivity contribution in [1.82, 2.24) is 5.32 Å². The van der Waals surface area contributed by atoms with Gasteiger partial charge in [-0.25, -0.2) is 0 Å². The molecular weight excluding hydrogens is 222 g/mol. The molecule has 1 aliphatic rings. The van der Waals surface area contributed by atoms with Gasteiger partial charge in [-0.05, 0) is 12.1 Å². The van der Waals surface area contributed by atoms with Crippen LogP contribution in [0.25, 0.3) is 0 Å². The van der Waals surface area contributed by atoms with Crippen LogP contribution in [0.2, 0.25) is 0 Å². The summed E-state index contributed by atoms with van der Waals surface area (Å²) < 4.78 is 0. The van der Waals surface area contributed by atoms with Crippen LogP contribution >= 0.6 is 0 Å². The molecule has 1 aromatic rings. The minimum Gasteiger partial charge on any atom is -0.507 e. The summed E-state index contributed by atoms with van der Waals surface area (Å²) in [6.45, 7) is 1.14. The van der Waals surface area contributed by atoms with E-state index in [4.69, 9.17) is 9.68 Å². The molecule has 1 aliphatic heterocycles. The Balaban J connectivity index is 2.39. The molecule has 0 atom stereocenters. The Kier molecular flexibility index (Phi) is 3.44. The predicted molar refractivity (Wildman–Crippen MR) is 63.0 cm³/mol. The Morgan fingerprint density at radius 1 is 1.53 bits per heavy atom. The highest BCUT2D eigenvalue weighted by molar-refractivity contribution is 6.47. The molecule has 2 N–H and O–H groups in total. The van der Waals surface area contributed by atoms with Gasteiger partial charge in [-0.1, -0.05) is 22.4 Å². The molecule has 2 rings (SSSR count). The average molecular weight is 235 g/mol. The molecular formula is C11H13N3O3. The summed E-state index contributed by atoms with van der Waals surface area (Å²) in [4.78, 5) is 9.75. The Morgan fingerprint density at radius 2 is 2.35 bits per heavy atom. The number of benzene rings is 1. The topological polar surface area (TPSA) is 75.4 Å². The summed E-state index contributed by atoms with van der Waals surface area (Å²) >= 11 is 0. The van der Waals surface area contributed by atoms with Gasteiger partial charge in [0.15, 0.2) is 11.5 Å². The molecule has 6 nitrogen and oxygen atoms in total. The molecule has 0 radical (unpaired) electrons. The van der Waals surface area contributed by atoms with E-state index in [0.29, 0.717) is 30.3 Å². The lowest BCUT2D eigenvalue weighted by Crippen LogP contribution is -2.37. The number of oxime groups is 2. The van der Waals surface area contributed by atoms with E-state index in [2.05, 4.69) is 15.6 Å². The minimum atomic E-state index is 0.110. The molecule has 1 aromatic carbocycles. The smallest absolute Gasteiger partial charge is 0.195 e. The van der Waals surface area contributed by atoms with Crippen molar-refractivity contribution in [2.75, 3.05) is 20.3 Å². The molecule has 0 unspecified atom stereocenters. The van der Waals surface area contributed by atoms with E-state index in [9.17, 15) is 5.11 Å². The number of nitrogens with one attached hydrogen (secondary N) is 1. The lowest BCUT2D eigenvalue weighted by molar-refractivity contribution is 0.137. The predicted octanol–water partition coefficient (Wildman–Crippen LogP) is 0.676. The zero-order valence-electron chi connectivity index (χ0n) is 9.38. The number of amidine groups is 1. The van der Waals surface area contributed by atoms with Crippen LogP contribution in [0.15, 0.2) is 34.6 Å². The number of rotatable bonds is 3. The van der Waals surface area contributed by atoms with Gasteiger partial charge in [0.05, 0.1) is 6.54 Å². The molecule has 17 heavy (non-hydrogen) atoms. The second-order valence-corrected chi connectivity index (χ2v) is 3.34. The van der Waals surface area contributed by atoms with Gasteiger partial charge in [-0.3, -0.25) is 0 Å². The summed E-state index contributed by atoms with van der Waals surface area (Å²) in [6, 6.07) is 6.83. The first-order chi connectivity index (χ1) is 8.33. The standard InChI is InChI=1S/C11H13N3O3/c1-16-13-10(11-12-6-7-17-14-11)8-4-2-3-5-9(8)15/h2-5,15H,6-7H2,1H3,(H,12,14)/b13-10-. The maximum atomic E-state index is 9.78. The largest absolute Gasteiger partial charge is 0.507 e. The SMILES string of the molecule is CO/N=C(\C1=NOCCN1)c1ccccc1O. The van der Waals surface area contributed by atoms with Crippen LogP contribution < -0.4 is 5.32 Å². The van der Waals surface area contributed by atoms with E-state index in [0.717, 1.165) is 0 Å². The number of phenols is 1. The quantitative estimate of drug-likeness (QED) is 0.596. The van der Waals surface area contributed by atoms with Crippen LogP contribution in [0.1, 0.15) is 5.56 Å². The molecule has 6 heteroatoms. The summed E-state index contributed by atoms with van der Waals surface area (Å²) in [5.41, 5.74) is 0.941. The first-order valence-electron chi connectivity index (χ1n) is 5.16. The zero-order valence-corrected chi connectivity index (χ0v) is 9.38. The molecule has 0 amide bonds. The Morgan fingerprint density at radius 3 is 3.00 bits per heavy atom. The summed E-state index contributed by atoms with van der Waals surface area (Å²) in [7, 11) is 1.43. The van der Waals surface area contributed by atoms with Crippen LogP contribution in [0.5, 0.6) is 5.75 Å². The van der Waals surface area contributed by atoms with Gasteiger partial charge < -0.3 is 20.1 Å². The number of nitrogens with zero attached hydrogens (tertiary/aromatic N) is 2. The van der Waals surface area contributed by atoms with Crippen LogP contribution in [0, 0.1) is 0 Å². The van der Waals surface area contributed by atoms with Crippen molar-refractivity contribution in [3.63, 3.8) is 0 Å². The summed E-state index contributed by atoms with van der Waals surface area (Å²) in [5.74, 6) is 0.554. The van der Waals surface area contributed by atoms with E-state index in [1.54, 1.807) is 24.3 Å². The Bertz CT molecular complexity index is 457. The number of aromatic hydroxyl groups is 1. The van der Waals surface area contributed by atoms with Crippen molar-refractivity contribution in [3.8, 4) is 5.75 Å². The number of para-hydroxylation sites is 1.